The Morgan fingerprint density at radius 1 is 1.28 bits per heavy atom. The summed E-state index contributed by atoms with van der Waals surface area (Å²) in [6.07, 6.45) is 6.70. The summed E-state index contributed by atoms with van der Waals surface area (Å²) in [5.41, 5.74) is 6.32. The number of pyridine rings is 1. The minimum absolute atomic E-state index is 0.0883. The molecule has 1 fully saturated rings. The highest BCUT2D eigenvalue weighted by atomic mass is 16.3. The Bertz CT molecular complexity index is 1240. The van der Waals surface area contributed by atoms with Gasteiger partial charge in [-0.2, -0.15) is 0 Å². The molecule has 4 aromatic heterocycles. The van der Waals surface area contributed by atoms with Crippen molar-refractivity contribution in [2.45, 2.75) is 32.5 Å². The number of anilines is 1. The van der Waals surface area contributed by atoms with E-state index in [9.17, 15) is 5.11 Å². The zero-order chi connectivity index (χ0) is 19.5. The molecule has 8 nitrogen and oxygen atoms in total. The standard InChI is InChI=1S/C21H22N7O/c1-13-22-5-2-18(25-13)17-9-24-21-20(17)19(3-6-23-21)26-7-4-14(10-26)28-16(12-29)8-15-11-27(15)28/h2-3,5-6,8-9,14,29H,4,7,10-12H2,1H3,(H,23,24)/q+1. The third-order valence-electron chi connectivity index (χ3n) is 6.04. The van der Waals surface area contributed by atoms with Crippen molar-refractivity contribution in [1.82, 2.24) is 24.6 Å². The van der Waals surface area contributed by atoms with Crippen LogP contribution >= 0.6 is 0 Å². The summed E-state index contributed by atoms with van der Waals surface area (Å²) < 4.78 is 4.56. The fourth-order valence-electron chi connectivity index (χ4n) is 4.69. The first-order valence-electron chi connectivity index (χ1n) is 9.98. The first kappa shape index (κ1) is 16.7. The van der Waals surface area contributed by atoms with E-state index in [-0.39, 0.29) is 6.61 Å². The van der Waals surface area contributed by atoms with Gasteiger partial charge in [-0.3, -0.25) is 0 Å². The summed E-state index contributed by atoms with van der Waals surface area (Å²) in [6, 6.07) is 6.52. The Balaban J connectivity index is 1.40. The molecule has 29 heavy (non-hydrogen) atoms. The molecule has 146 valence electrons. The monoisotopic (exact) mass is 388 g/mol. The lowest BCUT2D eigenvalue weighted by molar-refractivity contribution is -0.792. The lowest BCUT2D eigenvalue weighted by atomic mass is 10.1. The highest BCUT2D eigenvalue weighted by Gasteiger charge is 2.41. The number of hydrogen-bond donors (Lipinski definition) is 2. The summed E-state index contributed by atoms with van der Waals surface area (Å²) in [5.74, 6) is 0.756. The number of fused-ring (bicyclic) bond motifs is 2. The van der Waals surface area contributed by atoms with Crippen LogP contribution in [0.1, 0.15) is 29.7 Å². The number of H-pyrrole nitrogens is 1. The maximum absolute atomic E-state index is 9.73. The van der Waals surface area contributed by atoms with E-state index in [1.165, 1.54) is 11.4 Å². The van der Waals surface area contributed by atoms with Crippen molar-refractivity contribution >= 4 is 16.7 Å². The average Bonchev–Trinajstić information content (AvgIpc) is 3.12. The Labute approximate surface area is 167 Å². The van der Waals surface area contributed by atoms with Crippen LogP contribution in [-0.4, -0.2) is 42.8 Å². The normalized spacial score (nSPS) is 17.9. The molecule has 6 heterocycles. The molecule has 2 N–H and O–H groups in total. The zero-order valence-corrected chi connectivity index (χ0v) is 16.2. The van der Waals surface area contributed by atoms with Crippen molar-refractivity contribution < 1.29 is 9.79 Å². The third-order valence-corrected chi connectivity index (χ3v) is 6.04. The smallest absolute Gasteiger partial charge is 0.233 e. The van der Waals surface area contributed by atoms with Crippen molar-refractivity contribution in [3.63, 3.8) is 0 Å². The molecule has 0 aliphatic carbocycles. The van der Waals surface area contributed by atoms with Gasteiger partial charge in [0.2, 0.25) is 11.7 Å². The van der Waals surface area contributed by atoms with Crippen LogP contribution in [0.15, 0.2) is 36.8 Å². The van der Waals surface area contributed by atoms with Crippen LogP contribution in [0.4, 0.5) is 5.69 Å². The highest BCUT2D eigenvalue weighted by Crippen LogP contribution is 2.36. The number of aryl methyl sites for hydroxylation is 1. The maximum Gasteiger partial charge on any atom is 0.233 e. The van der Waals surface area contributed by atoms with E-state index in [1.807, 2.05) is 25.4 Å². The summed E-state index contributed by atoms with van der Waals surface area (Å²) >= 11 is 0. The Morgan fingerprint density at radius 2 is 2.17 bits per heavy atom. The van der Waals surface area contributed by atoms with Crippen LogP contribution in [0.25, 0.3) is 22.3 Å². The van der Waals surface area contributed by atoms with Gasteiger partial charge in [0.05, 0.1) is 23.3 Å². The van der Waals surface area contributed by atoms with Crippen molar-refractivity contribution in [3.05, 3.63) is 54.0 Å². The molecular weight excluding hydrogens is 366 g/mol. The van der Waals surface area contributed by atoms with Gasteiger partial charge in [0.15, 0.2) is 0 Å². The average molecular weight is 388 g/mol. The summed E-state index contributed by atoms with van der Waals surface area (Å²) in [7, 11) is 0. The Morgan fingerprint density at radius 3 is 3.03 bits per heavy atom. The lowest BCUT2D eigenvalue weighted by Gasteiger charge is -2.19. The number of aromatic amines is 1. The molecule has 1 unspecified atom stereocenters. The molecule has 2 aliphatic rings. The molecule has 1 atom stereocenters. The number of nitrogens with zero attached hydrogens (tertiary/aromatic N) is 6. The molecule has 1 saturated heterocycles. The fourth-order valence-corrected chi connectivity index (χ4v) is 4.69. The highest BCUT2D eigenvalue weighted by molar-refractivity contribution is 6.01. The summed E-state index contributed by atoms with van der Waals surface area (Å²) in [4.78, 5) is 19.1. The van der Waals surface area contributed by atoms with E-state index in [4.69, 9.17) is 0 Å². The molecule has 6 rings (SSSR count). The van der Waals surface area contributed by atoms with Gasteiger partial charge in [0, 0.05) is 43.2 Å². The quantitative estimate of drug-likeness (QED) is 0.458. The maximum atomic E-state index is 9.73. The molecular formula is C21H22N7O+. The predicted octanol–water partition coefficient (Wildman–Crippen LogP) is 1.72. The van der Waals surface area contributed by atoms with Crippen molar-refractivity contribution in [1.29, 1.82) is 0 Å². The molecule has 2 aliphatic heterocycles. The molecule has 0 aromatic carbocycles. The number of rotatable bonds is 4. The second-order valence-electron chi connectivity index (χ2n) is 7.82. The van der Waals surface area contributed by atoms with Gasteiger partial charge >= 0.3 is 0 Å². The van der Waals surface area contributed by atoms with E-state index in [0.29, 0.717) is 6.04 Å². The van der Waals surface area contributed by atoms with Crippen molar-refractivity contribution in [3.8, 4) is 11.3 Å². The minimum atomic E-state index is 0.0883. The molecule has 4 aromatic rings. The first-order chi connectivity index (χ1) is 14.2. The van der Waals surface area contributed by atoms with Crippen molar-refractivity contribution in [2.75, 3.05) is 18.0 Å². The molecule has 8 heteroatoms. The van der Waals surface area contributed by atoms with E-state index in [2.05, 4.69) is 46.3 Å². The molecule has 0 spiro atoms. The largest absolute Gasteiger partial charge is 0.385 e. The van der Waals surface area contributed by atoms with Crippen molar-refractivity contribution in [2.24, 2.45) is 0 Å². The lowest BCUT2D eigenvalue weighted by Crippen LogP contribution is -2.48. The Hall–Kier alpha value is -3.26. The molecule has 0 bridgehead atoms. The number of aliphatic hydroxyl groups is 1. The SMILES string of the molecule is Cc1nccc(-c2c[nH]c3nccc(N4CCC([n+]5c(CO)cc6n5C6)C4)c23)n1. The number of hydrogen-bond acceptors (Lipinski definition) is 5. The number of nitrogens with one attached hydrogen (secondary N) is 1. The van der Waals surface area contributed by atoms with Gasteiger partial charge in [0.1, 0.15) is 30.3 Å². The van der Waals surface area contributed by atoms with Crippen LogP contribution in [0.5, 0.6) is 0 Å². The summed E-state index contributed by atoms with van der Waals surface area (Å²) in [6.45, 7) is 4.87. The zero-order valence-electron chi connectivity index (χ0n) is 16.2. The number of aliphatic hydroxyl groups excluding tert-OH is 1. The van der Waals surface area contributed by atoms with Gasteiger partial charge < -0.3 is 15.0 Å². The van der Waals surface area contributed by atoms with Crippen LogP contribution in [0, 0.1) is 6.92 Å². The van der Waals surface area contributed by atoms with Gasteiger partial charge in [-0.1, -0.05) is 0 Å². The third kappa shape index (κ3) is 2.56. The molecule has 0 amide bonds. The van der Waals surface area contributed by atoms with Gasteiger partial charge in [0.25, 0.3) is 0 Å². The molecule has 0 saturated carbocycles. The minimum Gasteiger partial charge on any atom is -0.385 e. The van der Waals surface area contributed by atoms with Gasteiger partial charge in [-0.15, -0.1) is 9.36 Å². The van der Waals surface area contributed by atoms with E-state index < -0.39 is 0 Å². The molecule has 0 radical (unpaired) electrons. The second kappa shape index (κ2) is 6.12. The Kier molecular flexibility index (Phi) is 3.52. The van der Waals surface area contributed by atoms with Gasteiger partial charge in [-0.25, -0.2) is 15.0 Å². The van der Waals surface area contributed by atoms with Crippen LogP contribution in [-0.2, 0) is 13.2 Å². The van der Waals surface area contributed by atoms with E-state index in [1.54, 1.807) is 6.20 Å². The topological polar surface area (TPSA) is 86.7 Å². The van der Waals surface area contributed by atoms with Gasteiger partial charge in [-0.05, 0) is 19.1 Å². The second-order valence-corrected chi connectivity index (χ2v) is 7.82. The van der Waals surface area contributed by atoms with Crippen LogP contribution < -0.4 is 9.58 Å². The van der Waals surface area contributed by atoms with Crippen LogP contribution in [0.2, 0.25) is 0 Å². The predicted molar refractivity (Wildman–Crippen MR) is 107 cm³/mol. The van der Waals surface area contributed by atoms with Crippen LogP contribution in [0.3, 0.4) is 0 Å². The fraction of sp³-hybridized carbons (Fsp3) is 0.333. The van der Waals surface area contributed by atoms with E-state index in [0.717, 1.165) is 59.9 Å². The summed E-state index contributed by atoms with van der Waals surface area (Å²) in [5, 5.41) is 10.8. The first-order valence-corrected chi connectivity index (χ1v) is 9.98. The number of aromatic nitrogens is 6. The van der Waals surface area contributed by atoms with E-state index >= 15 is 0 Å².